The van der Waals surface area contributed by atoms with Crippen LogP contribution in [0, 0.1) is 13.8 Å². The molecule has 0 aliphatic heterocycles. The Morgan fingerprint density at radius 2 is 2.08 bits per heavy atom. The number of para-hydroxylation sites is 1. The van der Waals surface area contributed by atoms with Gasteiger partial charge in [0, 0.05) is 4.88 Å². The van der Waals surface area contributed by atoms with Crippen molar-refractivity contribution in [3.8, 4) is 0 Å². The van der Waals surface area contributed by atoms with E-state index in [0.29, 0.717) is 10.9 Å². The fourth-order valence-electron chi connectivity index (χ4n) is 2.60. The molecular formula is C18H20N4O2S. The van der Waals surface area contributed by atoms with Gasteiger partial charge in [0.1, 0.15) is 11.6 Å². The quantitative estimate of drug-likeness (QED) is 0.762. The van der Waals surface area contributed by atoms with Crippen LogP contribution in [-0.4, -0.2) is 20.4 Å². The zero-order valence-electron chi connectivity index (χ0n) is 14.4. The number of amides is 1. The van der Waals surface area contributed by atoms with E-state index < -0.39 is 0 Å². The topological polar surface area (TPSA) is 76.9 Å². The Labute approximate surface area is 149 Å². The molecule has 0 saturated carbocycles. The normalized spacial score (nSPS) is 12.3. The Balaban J connectivity index is 1.78. The van der Waals surface area contributed by atoms with E-state index in [1.165, 1.54) is 10.9 Å². The summed E-state index contributed by atoms with van der Waals surface area (Å²) < 4.78 is 1.34. The van der Waals surface area contributed by atoms with Crippen LogP contribution in [0.4, 0.5) is 0 Å². The molecule has 1 atom stereocenters. The van der Waals surface area contributed by atoms with Gasteiger partial charge < -0.3 is 5.32 Å². The number of hydrogen-bond donors (Lipinski definition) is 1. The zero-order chi connectivity index (χ0) is 18.0. The van der Waals surface area contributed by atoms with Crippen LogP contribution in [0.1, 0.15) is 35.0 Å². The Morgan fingerprint density at radius 3 is 2.76 bits per heavy atom. The van der Waals surface area contributed by atoms with Crippen molar-refractivity contribution in [3.63, 3.8) is 0 Å². The first kappa shape index (κ1) is 17.3. The third-order valence-corrected chi connectivity index (χ3v) is 5.32. The molecule has 25 heavy (non-hydrogen) atoms. The molecule has 130 valence electrons. The Bertz CT molecular complexity index is 957. The number of thiazole rings is 1. The van der Waals surface area contributed by atoms with Crippen molar-refractivity contribution < 1.29 is 4.79 Å². The molecule has 0 spiro atoms. The molecule has 0 aliphatic carbocycles. The van der Waals surface area contributed by atoms with Gasteiger partial charge in [0.25, 0.3) is 5.56 Å². The van der Waals surface area contributed by atoms with E-state index in [1.807, 2.05) is 26.8 Å². The zero-order valence-corrected chi connectivity index (χ0v) is 15.3. The first-order valence-corrected chi connectivity index (χ1v) is 8.98. The fourth-order valence-corrected chi connectivity index (χ4v) is 3.66. The molecule has 2 heterocycles. The van der Waals surface area contributed by atoms with Crippen molar-refractivity contribution in [2.24, 2.45) is 0 Å². The summed E-state index contributed by atoms with van der Waals surface area (Å²) in [5.74, 6) is -0.225. The summed E-state index contributed by atoms with van der Waals surface area (Å²) in [7, 11) is 0. The van der Waals surface area contributed by atoms with Gasteiger partial charge in [0.15, 0.2) is 0 Å². The number of rotatable bonds is 5. The number of carbonyl (C=O) groups excluding carboxylic acids is 1. The van der Waals surface area contributed by atoms with E-state index in [4.69, 9.17) is 0 Å². The smallest absolute Gasteiger partial charge is 0.261 e. The van der Waals surface area contributed by atoms with E-state index in [2.05, 4.69) is 15.3 Å². The maximum atomic E-state index is 12.5. The summed E-state index contributed by atoms with van der Waals surface area (Å²) >= 11 is 1.59. The summed E-state index contributed by atoms with van der Waals surface area (Å²) in [5, 5.41) is 4.38. The van der Waals surface area contributed by atoms with Crippen molar-refractivity contribution >= 4 is 28.1 Å². The lowest BCUT2D eigenvalue weighted by atomic mass is 10.2. The lowest BCUT2D eigenvalue weighted by Gasteiger charge is -2.15. The number of benzene rings is 1. The van der Waals surface area contributed by atoms with Gasteiger partial charge in [-0.05, 0) is 32.4 Å². The molecular weight excluding hydrogens is 336 g/mol. The first-order chi connectivity index (χ1) is 12.0. The molecule has 3 aromatic rings. The van der Waals surface area contributed by atoms with Crippen molar-refractivity contribution in [3.05, 3.63) is 56.5 Å². The molecule has 3 rings (SSSR count). The first-order valence-electron chi connectivity index (χ1n) is 8.17. The number of carbonyl (C=O) groups is 1. The molecule has 6 nitrogen and oxygen atoms in total. The maximum absolute atomic E-state index is 12.5. The van der Waals surface area contributed by atoms with Gasteiger partial charge in [-0.15, -0.1) is 11.3 Å². The average Bonchev–Trinajstić information content (AvgIpc) is 2.94. The Hall–Kier alpha value is -2.54. The van der Waals surface area contributed by atoms with Crippen LogP contribution >= 0.6 is 11.3 Å². The Kier molecular flexibility index (Phi) is 4.94. The molecule has 1 N–H and O–H groups in total. The molecule has 0 aliphatic rings. The van der Waals surface area contributed by atoms with Crippen molar-refractivity contribution in [1.29, 1.82) is 0 Å². The van der Waals surface area contributed by atoms with E-state index in [-0.39, 0.29) is 24.1 Å². The number of aryl methyl sites for hydroxylation is 2. The van der Waals surface area contributed by atoms with Crippen LogP contribution in [-0.2, 0) is 11.3 Å². The van der Waals surface area contributed by atoms with Gasteiger partial charge >= 0.3 is 0 Å². The van der Waals surface area contributed by atoms with E-state index >= 15 is 0 Å². The highest BCUT2D eigenvalue weighted by molar-refractivity contribution is 7.11. The van der Waals surface area contributed by atoms with Gasteiger partial charge in [-0.25, -0.2) is 9.97 Å². The van der Waals surface area contributed by atoms with E-state index in [9.17, 15) is 9.59 Å². The second kappa shape index (κ2) is 7.14. The van der Waals surface area contributed by atoms with Gasteiger partial charge in [0.05, 0.1) is 29.0 Å². The second-order valence-corrected chi connectivity index (χ2v) is 7.15. The molecule has 0 saturated heterocycles. The fraction of sp³-hybridized carbons (Fsp3) is 0.333. The van der Waals surface area contributed by atoms with Crippen molar-refractivity contribution in [2.75, 3.05) is 0 Å². The predicted octanol–water partition coefficient (Wildman–Crippen LogP) is 2.74. The molecule has 1 amide bonds. The molecule has 7 heteroatoms. The second-order valence-electron chi connectivity index (χ2n) is 5.92. The summed E-state index contributed by atoms with van der Waals surface area (Å²) in [6.07, 6.45) is 2.16. The van der Waals surface area contributed by atoms with Crippen LogP contribution in [0.15, 0.2) is 35.4 Å². The summed E-state index contributed by atoms with van der Waals surface area (Å²) in [6, 6.07) is 6.97. The van der Waals surface area contributed by atoms with Gasteiger partial charge in [-0.1, -0.05) is 19.1 Å². The highest BCUT2D eigenvalue weighted by Crippen LogP contribution is 2.24. The lowest BCUT2D eigenvalue weighted by molar-refractivity contribution is -0.122. The van der Waals surface area contributed by atoms with Crippen LogP contribution in [0.25, 0.3) is 10.9 Å². The van der Waals surface area contributed by atoms with Crippen LogP contribution in [0.2, 0.25) is 0 Å². The maximum Gasteiger partial charge on any atom is 0.261 e. The third-order valence-electron chi connectivity index (χ3n) is 4.13. The monoisotopic (exact) mass is 356 g/mol. The Morgan fingerprint density at radius 1 is 1.32 bits per heavy atom. The van der Waals surface area contributed by atoms with Gasteiger partial charge in [-0.2, -0.15) is 0 Å². The molecule has 0 fully saturated rings. The molecule has 0 bridgehead atoms. The van der Waals surface area contributed by atoms with Crippen molar-refractivity contribution in [2.45, 2.75) is 39.8 Å². The predicted molar refractivity (Wildman–Crippen MR) is 98.8 cm³/mol. The van der Waals surface area contributed by atoms with Crippen LogP contribution in [0.3, 0.4) is 0 Å². The minimum Gasteiger partial charge on any atom is -0.345 e. The SMILES string of the molecule is CC[C@H](NC(=O)Cn1cnc2ccccc2c1=O)c1nc(C)c(C)s1. The van der Waals surface area contributed by atoms with Crippen molar-refractivity contribution in [1.82, 2.24) is 19.9 Å². The number of nitrogens with one attached hydrogen (secondary N) is 1. The third kappa shape index (κ3) is 3.61. The number of nitrogens with zero attached hydrogens (tertiary/aromatic N) is 3. The van der Waals surface area contributed by atoms with Crippen LogP contribution in [0.5, 0.6) is 0 Å². The number of hydrogen-bond acceptors (Lipinski definition) is 5. The standard InChI is InChI=1S/C18H20N4O2S/c1-4-14(17-20-11(2)12(3)25-17)21-16(23)9-22-10-19-15-8-6-5-7-13(15)18(22)24/h5-8,10,14H,4,9H2,1-3H3,(H,21,23)/t14-/m0/s1. The molecule has 1 aromatic carbocycles. The minimum atomic E-state index is -0.225. The highest BCUT2D eigenvalue weighted by Gasteiger charge is 2.18. The average molecular weight is 356 g/mol. The summed E-state index contributed by atoms with van der Waals surface area (Å²) in [4.78, 5) is 34.8. The molecule has 0 radical (unpaired) electrons. The summed E-state index contributed by atoms with van der Waals surface area (Å²) in [6.45, 7) is 5.92. The van der Waals surface area contributed by atoms with Gasteiger partial charge in [0.2, 0.25) is 5.91 Å². The van der Waals surface area contributed by atoms with E-state index in [1.54, 1.807) is 29.5 Å². The molecule has 0 unspecified atom stereocenters. The minimum absolute atomic E-state index is 0.0590. The number of aromatic nitrogens is 3. The highest BCUT2D eigenvalue weighted by atomic mass is 32.1. The number of fused-ring (bicyclic) bond motifs is 1. The summed E-state index contributed by atoms with van der Waals surface area (Å²) in [5.41, 5.74) is 1.40. The molecule has 2 aromatic heterocycles. The lowest BCUT2D eigenvalue weighted by Crippen LogP contribution is -2.34. The van der Waals surface area contributed by atoms with Gasteiger partial charge in [-0.3, -0.25) is 14.2 Å². The van der Waals surface area contributed by atoms with E-state index in [0.717, 1.165) is 22.0 Å². The largest absolute Gasteiger partial charge is 0.345 e. The van der Waals surface area contributed by atoms with Crippen LogP contribution < -0.4 is 10.9 Å².